The van der Waals surface area contributed by atoms with Gasteiger partial charge in [-0.2, -0.15) is 0 Å². The van der Waals surface area contributed by atoms with E-state index < -0.39 is 7.60 Å². The second-order valence-corrected chi connectivity index (χ2v) is 9.37. The highest BCUT2D eigenvalue weighted by Gasteiger charge is 2.21. The second-order valence-electron chi connectivity index (χ2n) is 4.75. The van der Waals surface area contributed by atoms with Gasteiger partial charge in [-0.05, 0) is 49.0 Å². The fraction of sp³-hybridized carbons (Fsp3) is 0.500. The average Bonchev–Trinajstić information content (AvgIpc) is 2.55. The third-order valence-corrected chi connectivity index (χ3v) is 7.86. The molecule has 0 amide bonds. The van der Waals surface area contributed by atoms with Crippen molar-refractivity contribution >= 4 is 37.2 Å². The molecule has 2 rings (SSSR count). The Labute approximate surface area is 141 Å². The molecule has 22 heavy (non-hydrogen) atoms. The number of hydrogen-bond acceptors (Lipinski definition) is 5. The van der Waals surface area contributed by atoms with Gasteiger partial charge in [-0.25, -0.2) is 0 Å². The predicted octanol–water partition coefficient (Wildman–Crippen LogP) is 5.79. The van der Waals surface area contributed by atoms with Gasteiger partial charge in [-0.15, -0.1) is 23.5 Å². The van der Waals surface area contributed by atoms with E-state index in [1.165, 1.54) is 23.5 Å². The minimum Gasteiger partial charge on any atom is -0.306 e. The van der Waals surface area contributed by atoms with Crippen molar-refractivity contribution < 1.29 is 13.6 Å². The molecule has 0 saturated carbocycles. The highest BCUT2D eigenvalue weighted by molar-refractivity contribution is 8.16. The molecule has 3 nitrogen and oxygen atoms in total. The molecule has 1 aromatic rings. The summed E-state index contributed by atoms with van der Waals surface area (Å²) in [6.45, 7) is 4.39. The normalized spacial score (nSPS) is 17.2. The Kier molecular flexibility index (Phi) is 7.58. The van der Waals surface area contributed by atoms with Crippen LogP contribution in [0.25, 0.3) is 6.08 Å². The minimum atomic E-state index is -3.14. The summed E-state index contributed by atoms with van der Waals surface area (Å²) in [5.41, 5.74) is 2.38. The maximum absolute atomic E-state index is 12.5. The van der Waals surface area contributed by atoms with Crippen LogP contribution < -0.4 is 0 Å². The van der Waals surface area contributed by atoms with Crippen molar-refractivity contribution in [2.24, 2.45) is 0 Å². The van der Waals surface area contributed by atoms with Gasteiger partial charge in [0.05, 0.1) is 17.8 Å². The third-order valence-electron chi connectivity index (χ3n) is 3.13. The highest BCUT2D eigenvalue weighted by atomic mass is 32.2. The van der Waals surface area contributed by atoms with Crippen LogP contribution in [0, 0.1) is 0 Å². The third kappa shape index (κ3) is 5.17. The molecular formula is C16H23O3PS2. The molecule has 1 aliphatic heterocycles. The van der Waals surface area contributed by atoms with Crippen LogP contribution in [0.5, 0.6) is 0 Å². The Morgan fingerprint density at radius 2 is 1.82 bits per heavy atom. The van der Waals surface area contributed by atoms with Crippen molar-refractivity contribution in [2.45, 2.75) is 24.9 Å². The lowest BCUT2D eigenvalue weighted by atomic mass is 10.1. The summed E-state index contributed by atoms with van der Waals surface area (Å²) in [6.07, 6.45) is 3.16. The Hall–Kier alpha value is -0.190. The molecule has 0 N–H and O–H groups in total. The van der Waals surface area contributed by atoms with Crippen LogP contribution in [0.3, 0.4) is 0 Å². The molecule has 0 bridgehead atoms. The first kappa shape index (κ1) is 18.2. The van der Waals surface area contributed by atoms with Gasteiger partial charge in [0.2, 0.25) is 0 Å². The zero-order valence-electron chi connectivity index (χ0n) is 13.1. The van der Waals surface area contributed by atoms with E-state index in [1.807, 2.05) is 49.5 Å². The Balaban J connectivity index is 2.21. The number of rotatable bonds is 7. The van der Waals surface area contributed by atoms with E-state index in [0.717, 1.165) is 5.56 Å². The molecule has 0 spiro atoms. The van der Waals surface area contributed by atoms with Crippen LogP contribution in [0.2, 0.25) is 0 Å². The largest absolute Gasteiger partial charge is 0.354 e. The minimum absolute atomic E-state index is 0.373. The van der Waals surface area contributed by atoms with E-state index in [-0.39, 0.29) is 0 Å². The van der Waals surface area contributed by atoms with E-state index in [0.29, 0.717) is 17.8 Å². The van der Waals surface area contributed by atoms with E-state index >= 15 is 0 Å². The van der Waals surface area contributed by atoms with E-state index in [9.17, 15) is 4.57 Å². The molecular weight excluding hydrogens is 335 g/mol. The zero-order valence-corrected chi connectivity index (χ0v) is 15.6. The van der Waals surface area contributed by atoms with Crippen molar-refractivity contribution in [2.75, 3.05) is 24.7 Å². The number of benzene rings is 1. The quantitative estimate of drug-likeness (QED) is 0.576. The van der Waals surface area contributed by atoms with Crippen LogP contribution in [0.4, 0.5) is 0 Å². The van der Waals surface area contributed by atoms with Crippen LogP contribution >= 0.6 is 31.1 Å². The highest BCUT2D eigenvalue weighted by Crippen LogP contribution is 2.51. The number of hydrogen-bond donors (Lipinski definition) is 0. The Bertz CT molecular complexity index is 532. The topological polar surface area (TPSA) is 35.5 Å². The van der Waals surface area contributed by atoms with E-state index in [4.69, 9.17) is 9.05 Å². The number of thioether (sulfide) groups is 2. The Morgan fingerprint density at radius 1 is 1.18 bits per heavy atom. The van der Waals surface area contributed by atoms with E-state index in [1.54, 1.807) is 5.82 Å². The van der Waals surface area contributed by atoms with E-state index in [2.05, 4.69) is 18.2 Å². The lowest BCUT2D eigenvalue weighted by Gasteiger charge is -2.23. The summed E-state index contributed by atoms with van der Waals surface area (Å²) >= 11 is 3.96. The van der Waals surface area contributed by atoms with Gasteiger partial charge in [-0.3, -0.25) is 4.57 Å². The summed E-state index contributed by atoms with van der Waals surface area (Å²) in [6, 6.07) is 8.28. The maximum atomic E-state index is 12.5. The fourth-order valence-electron chi connectivity index (χ4n) is 2.20. The summed E-state index contributed by atoms with van der Waals surface area (Å²) in [5.74, 6) is 4.00. The zero-order chi connectivity index (χ0) is 15.8. The summed E-state index contributed by atoms with van der Waals surface area (Å²) in [7, 11) is -3.14. The van der Waals surface area contributed by atoms with Gasteiger partial charge in [0, 0.05) is 5.82 Å². The van der Waals surface area contributed by atoms with Gasteiger partial charge >= 0.3 is 7.60 Å². The standard InChI is InChI=1S/C16H23O3PS2/c1-3-18-20(17,19-4-2)11-10-14-8-5-6-9-15(14)16-21-12-7-13-22-16/h5-6,8-11,16H,3-4,7,12-13H2,1-2H3/b11-10+. The van der Waals surface area contributed by atoms with Crippen LogP contribution in [0.1, 0.15) is 36.0 Å². The predicted molar refractivity (Wildman–Crippen MR) is 98.6 cm³/mol. The van der Waals surface area contributed by atoms with Gasteiger partial charge in [0.25, 0.3) is 0 Å². The molecule has 0 aliphatic carbocycles. The smallest absolute Gasteiger partial charge is 0.306 e. The lowest BCUT2D eigenvalue weighted by Crippen LogP contribution is -2.01. The molecule has 0 unspecified atom stereocenters. The molecule has 0 aromatic heterocycles. The second kappa shape index (κ2) is 9.19. The van der Waals surface area contributed by atoms with Crippen molar-refractivity contribution in [3.05, 3.63) is 41.2 Å². The van der Waals surface area contributed by atoms with Crippen molar-refractivity contribution in [1.82, 2.24) is 0 Å². The van der Waals surface area contributed by atoms with Crippen molar-refractivity contribution in [1.29, 1.82) is 0 Å². The summed E-state index contributed by atoms with van der Waals surface area (Å²) in [4.78, 5) is 0. The Morgan fingerprint density at radius 3 is 2.45 bits per heavy atom. The first-order valence-corrected chi connectivity index (χ1v) is 11.3. The summed E-state index contributed by atoms with van der Waals surface area (Å²) in [5, 5.41) is 0. The lowest BCUT2D eigenvalue weighted by molar-refractivity contribution is 0.229. The van der Waals surface area contributed by atoms with Gasteiger partial charge in [0.15, 0.2) is 0 Å². The fourth-order valence-corrected chi connectivity index (χ4v) is 6.49. The van der Waals surface area contributed by atoms with Crippen LogP contribution in [-0.2, 0) is 13.6 Å². The first-order valence-electron chi connectivity index (χ1n) is 7.58. The van der Waals surface area contributed by atoms with Crippen molar-refractivity contribution in [3.63, 3.8) is 0 Å². The van der Waals surface area contributed by atoms with Crippen LogP contribution in [-0.4, -0.2) is 24.7 Å². The monoisotopic (exact) mass is 358 g/mol. The van der Waals surface area contributed by atoms with Gasteiger partial charge < -0.3 is 9.05 Å². The molecule has 1 aliphatic rings. The maximum Gasteiger partial charge on any atom is 0.354 e. The molecule has 0 radical (unpaired) electrons. The van der Waals surface area contributed by atoms with Crippen molar-refractivity contribution in [3.8, 4) is 0 Å². The molecule has 1 saturated heterocycles. The molecule has 1 aromatic carbocycles. The average molecular weight is 358 g/mol. The first-order chi connectivity index (χ1) is 10.7. The molecule has 122 valence electrons. The summed E-state index contributed by atoms with van der Waals surface area (Å²) < 4.78 is 23.6. The van der Waals surface area contributed by atoms with Crippen LogP contribution in [0.15, 0.2) is 30.1 Å². The molecule has 6 heteroatoms. The van der Waals surface area contributed by atoms with Gasteiger partial charge in [0.1, 0.15) is 0 Å². The van der Waals surface area contributed by atoms with Gasteiger partial charge in [-0.1, -0.05) is 24.3 Å². The molecule has 1 fully saturated rings. The molecule has 1 heterocycles. The molecule has 0 atom stereocenters. The SMILES string of the molecule is CCOP(=O)(/C=C/c1ccccc1C1SCCCS1)OCC.